The smallest absolute Gasteiger partial charge is 0.308 e. The lowest BCUT2D eigenvalue weighted by Gasteiger charge is -2.14. The van der Waals surface area contributed by atoms with E-state index in [1.165, 1.54) is 0 Å². The van der Waals surface area contributed by atoms with Crippen molar-refractivity contribution in [3.63, 3.8) is 0 Å². The minimum absolute atomic E-state index is 0.148. The van der Waals surface area contributed by atoms with Crippen LogP contribution >= 0.6 is 0 Å². The molecule has 1 aromatic carbocycles. The molecule has 1 atom stereocenters. The van der Waals surface area contributed by atoms with Gasteiger partial charge in [-0.15, -0.1) is 0 Å². The van der Waals surface area contributed by atoms with Crippen LogP contribution in [0, 0.1) is 13.8 Å². The van der Waals surface area contributed by atoms with E-state index in [2.05, 4.69) is 10.4 Å². The Hall–Kier alpha value is -3.03. The number of methoxy groups -OCH3 is 2. The Bertz CT molecular complexity index is 831. The number of carbonyl (C=O) groups is 2. The molecule has 0 saturated carbocycles. The summed E-state index contributed by atoms with van der Waals surface area (Å²) >= 11 is 0. The van der Waals surface area contributed by atoms with Crippen LogP contribution in [0.3, 0.4) is 0 Å². The van der Waals surface area contributed by atoms with Gasteiger partial charge in [-0.1, -0.05) is 6.07 Å². The van der Waals surface area contributed by atoms with E-state index in [1.54, 1.807) is 38.0 Å². The van der Waals surface area contributed by atoms with Crippen molar-refractivity contribution in [1.82, 2.24) is 15.1 Å². The van der Waals surface area contributed by atoms with E-state index in [0.29, 0.717) is 18.0 Å². The molecule has 1 heterocycles. The van der Waals surface area contributed by atoms with Gasteiger partial charge in [-0.25, -0.2) is 0 Å². The van der Waals surface area contributed by atoms with Crippen LogP contribution in [0.4, 0.5) is 0 Å². The zero-order valence-electron chi connectivity index (χ0n) is 16.9. The van der Waals surface area contributed by atoms with Crippen LogP contribution in [0.15, 0.2) is 24.3 Å². The van der Waals surface area contributed by atoms with Crippen LogP contribution in [0.5, 0.6) is 11.5 Å². The molecular weight excluding hydrogens is 362 g/mol. The maximum Gasteiger partial charge on any atom is 0.308 e. The fourth-order valence-electron chi connectivity index (χ4n) is 2.73. The molecule has 8 nitrogen and oxygen atoms in total. The number of ether oxygens (including phenoxy) is 3. The minimum atomic E-state index is -0.881. The Kier molecular flexibility index (Phi) is 7.43. The standard InChI is InChI=1S/C20H27N3O5/c1-13-10-14(2)23(22-13)9-8-19(24)28-15(3)20(25)21-12-16-6-7-17(26-4)18(11-16)27-5/h6-7,10-11,15H,8-9,12H2,1-5H3,(H,21,25). The molecule has 0 aliphatic heterocycles. The number of aryl methyl sites for hydroxylation is 3. The predicted octanol–water partition coefficient (Wildman–Crippen LogP) is 2.16. The third-order valence-electron chi connectivity index (χ3n) is 4.22. The van der Waals surface area contributed by atoms with E-state index in [-0.39, 0.29) is 18.9 Å². The van der Waals surface area contributed by atoms with E-state index in [1.807, 2.05) is 26.0 Å². The number of carbonyl (C=O) groups excluding carboxylic acids is 2. The molecule has 1 aromatic heterocycles. The minimum Gasteiger partial charge on any atom is -0.493 e. The Morgan fingerprint density at radius 2 is 1.86 bits per heavy atom. The first-order valence-electron chi connectivity index (χ1n) is 9.03. The fourth-order valence-corrected chi connectivity index (χ4v) is 2.73. The molecule has 0 aliphatic carbocycles. The molecule has 152 valence electrons. The van der Waals surface area contributed by atoms with Gasteiger partial charge in [0, 0.05) is 12.2 Å². The number of hydrogen-bond donors (Lipinski definition) is 1. The Labute approximate surface area is 164 Å². The number of amides is 1. The molecule has 2 rings (SSSR count). The third kappa shape index (κ3) is 5.73. The van der Waals surface area contributed by atoms with Crippen molar-refractivity contribution in [3.8, 4) is 11.5 Å². The molecule has 0 bridgehead atoms. The molecule has 28 heavy (non-hydrogen) atoms. The van der Waals surface area contributed by atoms with Crippen molar-refractivity contribution in [1.29, 1.82) is 0 Å². The average molecular weight is 389 g/mol. The first kappa shape index (κ1) is 21.3. The van der Waals surface area contributed by atoms with Crippen LogP contribution in [0.1, 0.15) is 30.3 Å². The second-order valence-corrected chi connectivity index (χ2v) is 6.44. The number of nitrogens with zero attached hydrogens (tertiary/aromatic N) is 2. The van der Waals surface area contributed by atoms with E-state index in [9.17, 15) is 9.59 Å². The van der Waals surface area contributed by atoms with E-state index in [0.717, 1.165) is 17.0 Å². The highest BCUT2D eigenvalue weighted by atomic mass is 16.5. The van der Waals surface area contributed by atoms with E-state index >= 15 is 0 Å². The maximum absolute atomic E-state index is 12.2. The highest BCUT2D eigenvalue weighted by Crippen LogP contribution is 2.27. The fraction of sp³-hybridized carbons (Fsp3) is 0.450. The lowest BCUT2D eigenvalue weighted by molar-refractivity contribution is -0.155. The maximum atomic E-state index is 12.2. The molecule has 0 saturated heterocycles. The van der Waals surface area contributed by atoms with Gasteiger partial charge in [-0.05, 0) is 44.5 Å². The van der Waals surface area contributed by atoms with Gasteiger partial charge in [0.2, 0.25) is 0 Å². The number of nitrogens with one attached hydrogen (secondary N) is 1. The molecule has 8 heteroatoms. The van der Waals surface area contributed by atoms with Crippen LogP contribution in [-0.2, 0) is 27.4 Å². The number of benzene rings is 1. The summed E-state index contributed by atoms with van der Waals surface area (Å²) in [7, 11) is 3.11. The molecule has 0 radical (unpaired) electrons. The van der Waals surface area contributed by atoms with Gasteiger partial charge in [-0.2, -0.15) is 5.10 Å². The van der Waals surface area contributed by atoms with Crippen molar-refractivity contribution in [2.24, 2.45) is 0 Å². The van der Waals surface area contributed by atoms with Crippen LogP contribution in [0.2, 0.25) is 0 Å². The van der Waals surface area contributed by atoms with Crippen molar-refractivity contribution in [2.75, 3.05) is 14.2 Å². The normalized spacial score (nSPS) is 11.6. The zero-order valence-corrected chi connectivity index (χ0v) is 16.9. The molecular formula is C20H27N3O5. The lowest BCUT2D eigenvalue weighted by Crippen LogP contribution is -2.35. The Morgan fingerprint density at radius 1 is 1.14 bits per heavy atom. The van der Waals surface area contributed by atoms with E-state index in [4.69, 9.17) is 14.2 Å². The first-order chi connectivity index (χ1) is 13.3. The summed E-state index contributed by atoms with van der Waals surface area (Å²) in [5.74, 6) is 0.385. The van der Waals surface area contributed by atoms with Gasteiger partial charge in [-0.3, -0.25) is 14.3 Å². The second-order valence-electron chi connectivity index (χ2n) is 6.44. The van der Waals surface area contributed by atoms with Gasteiger partial charge in [0.15, 0.2) is 17.6 Å². The van der Waals surface area contributed by atoms with Crippen LogP contribution in [-0.4, -0.2) is 42.0 Å². The summed E-state index contributed by atoms with van der Waals surface area (Å²) < 4.78 is 17.4. The topological polar surface area (TPSA) is 91.7 Å². The number of esters is 1. The number of aromatic nitrogens is 2. The molecule has 1 unspecified atom stereocenters. The molecule has 1 N–H and O–H groups in total. The molecule has 0 spiro atoms. The summed E-state index contributed by atoms with van der Waals surface area (Å²) in [6, 6.07) is 7.31. The van der Waals surface area contributed by atoms with Crippen molar-refractivity contribution >= 4 is 11.9 Å². The summed E-state index contributed by atoms with van der Waals surface area (Å²) in [5, 5.41) is 7.05. The number of hydrogen-bond acceptors (Lipinski definition) is 6. The largest absolute Gasteiger partial charge is 0.493 e. The third-order valence-corrected chi connectivity index (χ3v) is 4.22. The summed E-state index contributed by atoms with van der Waals surface area (Å²) in [5.41, 5.74) is 2.72. The highest BCUT2D eigenvalue weighted by molar-refractivity contribution is 5.83. The van der Waals surface area contributed by atoms with Gasteiger partial charge in [0.05, 0.1) is 32.9 Å². The number of rotatable bonds is 9. The summed E-state index contributed by atoms with van der Waals surface area (Å²) in [4.78, 5) is 24.2. The Morgan fingerprint density at radius 3 is 2.46 bits per heavy atom. The molecule has 0 aliphatic rings. The Balaban J connectivity index is 1.80. The average Bonchev–Trinajstić information content (AvgIpc) is 3.01. The molecule has 1 amide bonds. The van der Waals surface area contributed by atoms with Crippen LogP contribution < -0.4 is 14.8 Å². The predicted molar refractivity (Wildman–Crippen MR) is 103 cm³/mol. The summed E-state index contributed by atoms with van der Waals surface area (Å²) in [6.45, 7) is 6.07. The van der Waals surface area contributed by atoms with Crippen LogP contribution in [0.25, 0.3) is 0 Å². The lowest BCUT2D eigenvalue weighted by atomic mass is 10.2. The van der Waals surface area contributed by atoms with Crippen molar-refractivity contribution in [2.45, 2.75) is 46.4 Å². The van der Waals surface area contributed by atoms with Gasteiger partial charge < -0.3 is 19.5 Å². The monoisotopic (exact) mass is 389 g/mol. The molecule has 0 fully saturated rings. The zero-order chi connectivity index (χ0) is 20.7. The van der Waals surface area contributed by atoms with E-state index < -0.39 is 12.1 Å². The first-order valence-corrected chi connectivity index (χ1v) is 9.03. The second kappa shape index (κ2) is 9.77. The quantitative estimate of drug-likeness (QED) is 0.661. The van der Waals surface area contributed by atoms with Gasteiger partial charge >= 0.3 is 5.97 Å². The van der Waals surface area contributed by atoms with Crippen molar-refractivity contribution < 1.29 is 23.8 Å². The highest BCUT2D eigenvalue weighted by Gasteiger charge is 2.18. The SMILES string of the molecule is COc1ccc(CNC(=O)C(C)OC(=O)CCn2nc(C)cc2C)cc1OC. The van der Waals surface area contributed by atoms with Gasteiger partial charge in [0.1, 0.15) is 0 Å². The summed E-state index contributed by atoms with van der Waals surface area (Å²) in [6.07, 6.45) is -0.733. The van der Waals surface area contributed by atoms with Gasteiger partial charge in [0.25, 0.3) is 5.91 Å². The molecule has 2 aromatic rings. The van der Waals surface area contributed by atoms with Crippen molar-refractivity contribution in [3.05, 3.63) is 41.2 Å².